The highest BCUT2D eigenvalue weighted by Crippen LogP contribution is 2.26. The van der Waals surface area contributed by atoms with Crippen LogP contribution in [0, 0.1) is 0 Å². The van der Waals surface area contributed by atoms with Gasteiger partial charge < -0.3 is 29.9 Å². The highest BCUT2D eigenvalue weighted by atomic mass is 16.5. The van der Waals surface area contributed by atoms with Crippen LogP contribution in [0.1, 0.15) is 39.2 Å². The topological polar surface area (TPSA) is 83.1 Å². The van der Waals surface area contributed by atoms with Crippen molar-refractivity contribution >= 4 is 23.3 Å². The maximum Gasteiger partial charge on any atom is 0.318 e. The molecule has 0 spiro atoms. The van der Waals surface area contributed by atoms with E-state index in [0.717, 1.165) is 30.7 Å². The van der Waals surface area contributed by atoms with Gasteiger partial charge in [-0.2, -0.15) is 0 Å². The van der Waals surface area contributed by atoms with Crippen molar-refractivity contribution in [1.29, 1.82) is 0 Å². The number of ether oxygens (including phenoxy) is 2. The molecule has 0 unspecified atom stereocenters. The number of amides is 3. The van der Waals surface area contributed by atoms with Gasteiger partial charge in [0.05, 0.1) is 6.10 Å². The van der Waals surface area contributed by atoms with Crippen molar-refractivity contribution < 1.29 is 19.1 Å². The number of carbonyl (C=O) groups is 2. The first-order valence-electron chi connectivity index (χ1n) is 10.4. The molecule has 0 aromatic heterocycles. The van der Waals surface area contributed by atoms with Crippen LogP contribution in [0.3, 0.4) is 0 Å². The fraction of sp³-hybridized carbons (Fsp3) is 0.636. The number of benzene rings is 1. The number of rotatable bonds is 8. The molecule has 8 nitrogen and oxygen atoms in total. The first kappa shape index (κ1) is 24.0. The Hall–Kier alpha value is -2.32. The summed E-state index contributed by atoms with van der Waals surface area (Å²) >= 11 is 0. The monoisotopic (exact) mass is 420 g/mol. The molecule has 1 saturated heterocycles. The van der Waals surface area contributed by atoms with E-state index in [1.807, 2.05) is 58.0 Å². The van der Waals surface area contributed by atoms with Gasteiger partial charge in [0.15, 0.2) is 0 Å². The van der Waals surface area contributed by atoms with Gasteiger partial charge in [-0.15, -0.1) is 0 Å². The molecule has 1 fully saturated rings. The Morgan fingerprint density at radius 3 is 2.57 bits per heavy atom. The number of carbonyl (C=O) groups excluding carboxylic acids is 2. The molecule has 0 saturated carbocycles. The number of hydrogen-bond acceptors (Lipinski definition) is 5. The van der Waals surface area contributed by atoms with E-state index >= 15 is 0 Å². The molecule has 0 bridgehead atoms. The Kier molecular flexibility index (Phi) is 8.49. The summed E-state index contributed by atoms with van der Waals surface area (Å²) in [5, 5.41) is 5.89. The molecule has 168 valence electrons. The summed E-state index contributed by atoms with van der Waals surface area (Å²) in [6.07, 6.45) is 2.01. The minimum Gasteiger partial charge on any atom is -0.377 e. The zero-order valence-corrected chi connectivity index (χ0v) is 19.1. The number of methoxy groups -OCH3 is 1. The Bertz CT molecular complexity index is 724. The Balaban J connectivity index is 2.27. The molecule has 0 radical (unpaired) electrons. The van der Waals surface area contributed by atoms with E-state index in [1.54, 1.807) is 4.90 Å². The van der Waals surface area contributed by atoms with Crippen molar-refractivity contribution in [2.45, 2.75) is 51.8 Å². The van der Waals surface area contributed by atoms with Gasteiger partial charge in [-0.05, 0) is 57.4 Å². The van der Waals surface area contributed by atoms with Crippen LogP contribution in [0.25, 0.3) is 0 Å². The number of nitrogens with one attached hydrogen (secondary N) is 2. The molecule has 2 N–H and O–H groups in total. The van der Waals surface area contributed by atoms with Crippen LogP contribution in [-0.4, -0.2) is 69.4 Å². The molecule has 1 aliphatic rings. The van der Waals surface area contributed by atoms with Crippen molar-refractivity contribution in [3.8, 4) is 0 Å². The lowest BCUT2D eigenvalue weighted by Gasteiger charge is -2.31. The zero-order valence-electron chi connectivity index (χ0n) is 19.1. The number of anilines is 2. The second kappa shape index (κ2) is 10.6. The van der Waals surface area contributed by atoms with Crippen LogP contribution in [0.5, 0.6) is 0 Å². The second-order valence-corrected chi connectivity index (χ2v) is 8.91. The van der Waals surface area contributed by atoms with E-state index < -0.39 is 0 Å². The van der Waals surface area contributed by atoms with Crippen LogP contribution in [-0.2, 0) is 20.8 Å². The third-order valence-electron chi connectivity index (χ3n) is 4.70. The van der Waals surface area contributed by atoms with E-state index in [1.165, 1.54) is 7.11 Å². The first-order chi connectivity index (χ1) is 14.1. The molecular weight excluding hydrogens is 384 g/mol. The molecule has 3 amide bonds. The van der Waals surface area contributed by atoms with Gasteiger partial charge in [-0.1, -0.05) is 0 Å². The standard InChI is InChI=1S/C22H36N4O4/c1-22(2,3)24-21(28)26(14-18-8-7-11-30-18)13-16-12-17(23-20(27)15-29-6)9-10-19(16)25(4)5/h9-10,12,18H,7-8,11,13-15H2,1-6H3,(H,23,27)(H,24,28)/t18-/m0/s1. The molecule has 8 heteroatoms. The third kappa shape index (κ3) is 7.50. The molecular formula is C22H36N4O4. The quantitative estimate of drug-likeness (QED) is 0.676. The Morgan fingerprint density at radius 2 is 2.00 bits per heavy atom. The zero-order chi connectivity index (χ0) is 22.3. The lowest BCUT2D eigenvalue weighted by atomic mass is 10.1. The summed E-state index contributed by atoms with van der Waals surface area (Å²) in [6.45, 7) is 7.55. The maximum absolute atomic E-state index is 13.0. The van der Waals surface area contributed by atoms with Crippen LogP contribution in [0.15, 0.2) is 18.2 Å². The summed E-state index contributed by atoms with van der Waals surface area (Å²) in [7, 11) is 5.40. The van der Waals surface area contributed by atoms with Crippen LogP contribution in [0.4, 0.5) is 16.2 Å². The summed E-state index contributed by atoms with van der Waals surface area (Å²) in [4.78, 5) is 28.8. The van der Waals surface area contributed by atoms with Crippen molar-refractivity contribution in [2.75, 3.05) is 51.2 Å². The fourth-order valence-corrected chi connectivity index (χ4v) is 3.41. The van der Waals surface area contributed by atoms with E-state index in [2.05, 4.69) is 10.6 Å². The van der Waals surface area contributed by atoms with Crippen molar-refractivity contribution in [2.24, 2.45) is 0 Å². The SMILES string of the molecule is COCC(=O)Nc1ccc(N(C)C)c(CN(C[C@@H]2CCCO2)C(=O)NC(C)(C)C)c1. The lowest BCUT2D eigenvalue weighted by molar-refractivity contribution is -0.119. The van der Waals surface area contributed by atoms with Gasteiger partial charge in [0, 0.05) is 57.8 Å². The lowest BCUT2D eigenvalue weighted by Crippen LogP contribution is -2.50. The second-order valence-electron chi connectivity index (χ2n) is 8.91. The predicted octanol–water partition coefficient (Wildman–Crippen LogP) is 2.83. The molecule has 1 aromatic rings. The third-order valence-corrected chi connectivity index (χ3v) is 4.70. The van der Waals surface area contributed by atoms with Gasteiger partial charge in [0.1, 0.15) is 6.61 Å². The summed E-state index contributed by atoms with van der Waals surface area (Å²) < 4.78 is 10.7. The highest BCUT2D eigenvalue weighted by molar-refractivity contribution is 5.92. The molecule has 2 rings (SSSR count). The van der Waals surface area contributed by atoms with Crippen LogP contribution < -0.4 is 15.5 Å². The van der Waals surface area contributed by atoms with Gasteiger partial charge in [0.25, 0.3) is 0 Å². The fourth-order valence-electron chi connectivity index (χ4n) is 3.41. The molecule has 30 heavy (non-hydrogen) atoms. The predicted molar refractivity (Wildman–Crippen MR) is 119 cm³/mol. The Morgan fingerprint density at radius 1 is 1.27 bits per heavy atom. The molecule has 1 aromatic carbocycles. The largest absolute Gasteiger partial charge is 0.377 e. The first-order valence-corrected chi connectivity index (χ1v) is 10.4. The van der Waals surface area contributed by atoms with E-state index in [-0.39, 0.29) is 30.2 Å². The summed E-state index contributed by atoms with van der Waals surface area (Å²) in [5.74, 6) is -0.220. The molecule has 0 aliphatic carbocycles. The normalized spacial score (nSPS) is 16.3. The number of hydrogen-bond donors (Lipinski definition) is 2. The molecule has 1 atom stereocenters. The minimum atomic E-state index is -0.341. The average Bonchev–Trinajstić information content (AvgIpc) is 3.13. The van der Waals surface area contributed by atoms with Crippen molar-refractivity contribution in [3.05, 3.63) is 23.8 Å². The van der Waals surface area contributed by atoms with Crippen molar-refractivity contribution in [3.63, 3.8) is 0 Å². The van der Waals surface area contributed by atoms with E-state index in [9.17, 15) is 9.59 Å². The Labute approximate surface area is 179 Å². The molecule has 1 aliphatic heterocycles. The van der Waals surface area contributed by atoms with E-state index in [0.29, 0.717) is 18.8 Å². The molecule has 1 heterocycles. The van der Waals surface area contributed by atoms with Crippen LogP contribution >= 0.6 is 0 Å². The van der Waals surface area contributed by atoms with Gasteiger partial charge in [0.2, 0.25) is 5.91 Å². The summed E-state index contributed by atoms with van der Waals surface area (Å²) in [6, 6.07) is 5.59. The van der Waals surface area contributed by atoms with Crippen molar-refractivity contribution in [1.82, 2.24) is 10.2 Å². The van der Waals surface area contributed by atoms with Crippen LogP contribution in [0.2, 0.25) is 0 Å². The number of urea groups is 1. The highest BCUT2D eigenvalue weighted by Gasteiger charge is 2.26. The van der Waals surface area contributed by atoms with E-state index in [4.69, 9.17) is 9.47 Å². The minimum absolute atomic E-state index is 0.0100. The summed E-state index contributed by atoms with van der Waals surface area (Å²) in [5.41, 5.74) is 2.26. The van der Waals surface area contributed by atoms with Gasteiger partial charge in [-0.3, -0.25) is 4.79 Å². The number of nitrogens with zero attached hydrogens (tertiary/aromatic N) is 2. The average molecular weight is 421 g/mol. The van der Waals surface area contributed by atoms with Gasteiger partial charge >= 0.3 is 6.03 Å². The van der Waals surface area contributed by atoms with Gasteiger partial charge in [-0.25, -0.2) is 4.79 Å². The maximum atomic E-state index is 13.0. The smallest absolute Gasteiger partial charge is 0.318 e.